The molecule has 0 aliphatic heterocycles. The van der Waals surface area contributed by atoms with E-state index in [4.69, 9.17) is 0 Å². The summed E-state index contributed by atoms with van der Waals surface area (Å²) in [4.78, 5) is 0. The molecule has 0 aliphatic rings. The minimum Gasteiger partial charge on any atom is -0.392 e. The van der Waals surface area contributed by atoms with Crippen molar-refractivity contribution in [3.8, 4) is 0 Å². The van der Waals surface area contributed by atoms with Crippen molar-refractivity contribution in [3.63, 3.8) is 0 Å². The van der Waals surface area contributed by atoms with E-state index in [2.05, 4.69) is 78.9 Å². The molecular formula is C19H31N. The highest BCUT2D eigenvalue weighted by molar-refractivity contribution is 5.46. The van der Waals surface area contributed by atoms with Gasteiger partial charge in [0, 0.05) is 12.7 Å². The maximum absolute atomic E-state index is 3.17. The maximum atomic E-state index is 3.17. The van der Waals surface area contributed by atoms with Crippen molar-refractivity contribution in [3.05, 3.63) is 57.4 Å². The minimum atomic E-state index is 1.18. The van der Waals surface area contributed by atoms with E-state index in [1.807, 2.05) is 7.05 Å². The molecule has 0 saturated heterocycles. The second-order valence-electron chi connectivity index (χ2n) is 5.50. The van der Waals surface area contributed by atoms with Crippen LogP contribution in [-0.2, 0) is 0 Å². The average Bonchev–Trinajstić information content (AvgIpc) is 2.43. The lowest BCUT2D eigenvalue weighted by Crippen LogP contribution is -2.02. The average molecular weight is 273 g/mol. The highest BCUT2D eigenvalue weighted by atomic mass is 14.8. The first-order valence-corrected chi connectivity index (χ1v) is 7.27. The number of rotatable bonds is 5. The second-order valence-corrected chi connectivity index (χ2v) is 5.50. The lowest BCUT2D eigenvalue weighted by molar-refractivity contribution is 0.984. The molecule has 0 fully saturated rings. The van der Waals surface area contributed by atoms with Crippen molar-refractivity contribution in [2.75, 3.05) is 7.05 Å². The van der Waals surface area contributed by atoms with E-state index in [0.717, 1.165) is 0 Å². The van der Waals surface area contributed by atoms with E-state index < -0.39 is 0 Å². The molecule has 0 aromatic rings. The zero-order valence-corrected chi connectivity index (χ0v) is 14.7. The SMILES string of the molecule is C/C=C(/C)C=C(C)C(C)=C(C)C(C)=C(C)C=C(C)NC. The van der Waals surface area contributed by atoms with Gasteiger partial charge in [0.05, 0.1) is 0 Å². The molecule has 0 aromatic heterocycles. The molecule has 1 nitrogen and oxygen atoms in total. The van der Waals surface area contributed by atoms with Crippen molar-refractivity contribution in [1.82, 2.24) is 5.32 Å². The molecule has 0 heterocycles. The number of allylic oxidation sites excluding steroid dienone is 10. The highest BCUT2D eigenvalue weighted by Crippen LogP contribution is 2.23. The second kappa shape index (κ2) is 8.63. The van der Waals surface area contributed by atoms with Gasteiger partial charge in [-0.2, -0.15) is 0 Å². The molecule has 0 atom stereocenters. The van der Waals surface area contributed by atoms with Crippen LogP contribution >= 0.6 is 0 Å². The summed E-state index contributed by atoms with van der Waals surface area (Å²) in [5.74, 6) is 0. The van der Waals surface area contributed by atoms with Crippen LogP contribution in [0.1, 0.15) is 55.4 Å². The molecule has 0 aliphatic carbocycles. The third-order valence-corrected chi connectivity index (χ3v) is 4.03. The molecule has 0 spiro atoms. The molecule has 112 valence electrons. The molecule has 20 heavy (non-hydrogen) atoms. The fourth-order valence-corrected chi connectivity index (χ4v) is 1.91. The van der Waals surface area contributed by atoms with E-state index in [1.54, 1.807) is 0 Å². The predicted molar refractivity (Wildman–Crippen MR) is 92.8 cm³/mol. The molecule has 1 N–H and O–H groups in total. The quantitative estimate of drug-likeness (QED) is 0.634. The molecule has 0 aromatic carbocycles. The topological polar surface area (TPSA) is 12.0 Å². The van der Waals surface area contributed by atoms with Gasteiger partial charge in [0.2, 0.25) is 0 Å². The van der Waals surface area contributed by atoms with Crippen molar-refractivity contribution in [1.29, 1.82) is 0 Å². The number of hydrogen-bond acceptors (Lipinski definition) is 1. The van der Waals surface area contributed by atoms with Crippen molar-refractivity contribution in [2.24, 2.45) is 0 Å². The molecule has 0 saturated carbocycles. The standard InChI is InChI=1S/C19H31N/c1-10-13(2)11-14(3)17(6)19(8)18(7)15(4)12-16(5)20-9/h10-12,20H,1-9H3/b13-10-,14-11?,16-12?,18-15?,19-17?. The molecule has 0 bridgehead atoms. The molecule has 0 unspecified atom stereocenters. The summed E-state index contributed by atoms with van der Waals surface area (Å²) in [5.41, 5.74) is 9.20. The van der Waals surface area contributed by atoms with E-state index >= 15 is 0 Å². The maximum Gasteiger partial charge on any atom is 0.00751 e. The predicted octanol–water partition coefficient (Wildman–Crippen LogP) is 5.69. The normalized spacial score (nSPS) is 16.8. The largest absolute Gasteiger partial charge is 0.392 e. The molecule has 0 radical (unpaired) electrons. The summed E-state index contributed by atoms with van der Waals surface area (Å²) < 4.78 is 0. The van der Waals surface area contributed by atoms with Crippen LogP contribution in [0, 0.1) is 0 Å². The summed E-state index contributed by atoms with van der Waals surface area (Å²) in [6, 6.07) is 0. The van der Waals surface area contributed by atoms with Crippen molar-refractivity contribution >= 4 is 0 Å². The Morgan fingerprint density at radius 3 is 1.75 bits per heavy atom. The van der Waals surface area contributed by atoms with Crippen LogP contribution in [0.4, 0.5) is 0 Å². The van der Waals surface area contributed by atoms with Crippen LogP contribution in [0.5, 0.6) is 0 Å². The Balaban J connectivity index is 5.61. The van der Waals surface area contributed by atoms with E-state index in [-0.39, 0.29) is 0 Å². The summed E-state index contributed by atoms with van der Waals surface area (Å²) in [6.45, 7) is 17.3. The summed E-state index contributed by atoms with van der Waals surface area (Å²) in [7, 11) is 1.95. The zero-order valence-electron chi connectivity index (χ0n) is 14.7. The first-order valence-electron chi connectivity index (χ1n) is 7.27. The van der Waals surface area contributed by atoms with Gasteiger partial charge < -0.3 is 5.32 Å². The van der Waals surface area contributed by atoms with Crippen molar-refractivity contribution in [2.45, 2.75) is 55.4 Å². The lowest BCUT2D eigenvalue weighted by atomic mass is 9.94. The van der Waals surface area contributed by atoms with Gasteiger partial charge in [0.25, 0.3) is 0 Å². The molecule has 0 amide bonds. The third-order valence-electron chi connectivity index (χ3n) is 4.03. The van der Waals surface area contributed by atoms with Crippen LogP contribution in [0.3, 0.4) is 0 Å². The first kappa shape index (κ1) is 18.5. The highest BCUT2D eigenvalue weighted by Gasteiger charge is 2.04. The minimum absolute atomic E-state index is 1.18. The van der Waals surface area contributed by atoms with Gasteiger partial charge in [-0.15, -0.1) is 0 Å². The molecule has 0 rings (SSSR count). The first-order chi connectivity index (χ1) is 9.24. The summed E-state index contributed by atoms with van der Waals surface area (Å²) in [6.07, 6.45) is 6.58. The van der Waals surface area contributed by atoms with Crippen LogP contribution in [0.15, 0.2) is 57.4 Å². The fraction of sp³-hybridized carbons (Fsp3) is 0.474. The Morgan fingerprint density at radius 2 is 1.30 bits per heavy atom. The van der Waals surface area contributed by atoms with Crippen LogP contribution in [0.25, 0.3) is 0 Å². The Morgan fingerprint density at radius 1 is 0.750 bits per heavy atom. The van der Waals surface area contributed by atoms with Crippen LogP contribution in [0.2, 0.25) is 0 Å². The smallest absolute Gasteiger partial charge is 0.00751 e. The summed E-state index contributed by atoms with van der Waals surface area (Å²) >= 11 is 0. The molecule has 1 heteroatoms. The van der Waals surface area contributed by atoms with Gasteiger partial charge in [0.15, 0.2) is 0 Å². The van der Waals surface area contributed by atoms with Gasteiger partial charge in [0.1, 0.15) is 0 Å². The van der Waals surface area contributed by atoms with Gasteiger partial charge in [-0.1, -0.05) is 17.7 Å². The van der Waals surface area contributed by atoms with Gasteiger partial charge in [-0.05, 0) is 89.3 Å². The Labute approximate surface area is 125 Å². The van der Waals surface area contributed by atoms with Crippen molar-refractivity contribution < 1.29 is 0 Å². The number of hydrogen-bond donors (Lipinski definition) is 1. The Bertz CT molecular complexity index is 494. The molecular weight excluding hydrogens is 242 g/mol. The summed E-state index contributed by atoms with van der Waals surface area (Å²) in [5, 5.41) is 3.17. The fourth-order valence-electron chi connectivity index (χ4n) is 1.91. The third kappa shape index (κ3) is 5.64. The monoisotopic (exact) mass is 273 g/mol. The van der Waals surface area contributed by atoms with Gasteiger partial charge >= 0.3 is 0 Å². The van der Waals surface area contributed by atoms with Crippen LogP contribution < -0.4 is 5.32 Å². The van der Waals surface area contributed by atoms with E-state index in [9.17, 15) is 0 Å². The van der Waals surface area contributed by atoms with Crippen LogP contribution in [-0.4, -0.2) is 7.05 Å². The van der Waals surface area contributed by atoms with E-state index in [1.165, 1.54) is 39.1 Å². The number of nitrogens with one attached hydrogen (secondary N) is 1. The van der Waals surface area contributed by atoms with Gasteiger partial charge in [-0.25, -0.2) is 0 Å². The Hall–Kier alpha value is -1.50. The Kier molecular flexibility index (Phi) is 7.98. The van der Waals surface area contributed by atoms with Gasteiger partial charge in [-0.3, -0.25) is 0 Å². The van der Waals surface area contributed by atoms with E-state index in [0.29, 0.717) is 0 Å². The lowest BCUT2D eigenvalue weighted by Gasteiger charge is -2.12. The zero-order chi connectivity index (χ0) is 15.9.